The lowest BCUT2D eigenvalue weighted by molar-refractivity contribution is 0.174. The number of hydrogen-bond donors (Lipinski definition) is 2. The fourth-order valence-corrected chi connectivity index (χ4v) is 1.98. The smallest absolute Gasteiger partial charge is 0.216 e. The largest absolute Gasteiger partial charge is 0.393 e. The Morgan fingerprint density at radius 3 is 2.00 bits per heavy atom. The Morgan fingerprint density at radius 1 is 1.29 bits per heavy atom. The normalized spacial score (nSPS) is 17.9. The van der Waals surface area contributed by atoms with E-state index in [1.807, 2.05) is 0 Å². The molecule has 2 unspecified atom stereocenters. The minimum Gasteiger partial charge on any atom is -0.393 e. The van der Waals surface area contributed by atoms with Crippen molar-refractivity contribution in [2.75, 3.05) is 0 Å². The highest BCUT2D eigenvalue weighted by Gasteiger charge is 2.30. The van der Waals surface area contributed by atoms with Gasteiger partial charge in [0.25, 0.3) is 0 Å². The summed E-state index contributed by atoms with van der Waals surface area (Å²) in [6.45, 7) is 8.32. The van der Waals surface area contributed by atoms with Crippen molar-refractivity contribution in [1.82, 2.24) is 4.72 Å². The molecule has 86 valence electrons. The van der Waals surface area contributed by atoms with Gasteiger partial charge < -0.3 is 5.11 Å². The number of hydrogen-bond acceptors (Lipinski definition) is 3. The van der Waals surface area contributed by atoms with E-state index in [1.54, 1.807) is 34.6 Å². The maximum Gasteiger partial charge on any atom is 0.216 e. The van der Waals surface area contributed by atoms with E-state index in [9.17, 15) is 8.42 Å². The first-order chi connectivity index (χ1) is 6.06. The molecule has 0 bridgehead atoms. The monoisotopic (exact) mass is 223 g/mol. The minimum atomic E-state index is -3.30. The van der Waals surface area contributed by atoms with Gasteiger partial charge in [0.05, 0.1) is 10.9 Å². The average molecular weight is 223 g/mol. The van der Waals surface area contributed by atoms with Crippen molar-refractivity contribution >= 4 is 10.0 Å². The van der Waals surface area contributed by atoms with Gasteiger partial charge in [-0.05, 0) is 41.0 Å². The molecule has 0 rings (SSSR count). The SMILES string of the molecule is CC(O)CC(C)NS(=O)(=O)C(C)(C)C. The van der Waals surface area contributed by atoms with Crippen molar-refractivity contribution < 1.29 is 13.5 Å². The molecule has 0 saturated carbocycles. The van der Waals surface area contributed by atoms with Gasteiger partial charge in [0.15, 0.2) is 0 Å². The van der Waals surface area contributed by atoms with Gasteiger partial charge in [-0.2, -0.15) is 0 Å². The standard InChI is InChI=1S/C9H21NO3S/c1-7(6-8(2)11)10-14(12,13)9(3,4)5/h7-8,10-11H,6H2,1-5H3. The number of aliphatic hydroxyl groups excluding tert-OH is 1. The lowest BCUT2D eigenvalue weighted by atomic mass is 10.2. The van der Waals surface area contributed by atoms with E-state index in [0.29, 0.717) is 6.42 Å². The highest BCUT2D eigenvalue weighted by molar-refractivity contribution is 7.90. The maximum atomic E-state index is 11.7. The van der Waals surface area contributed by atoms with Crippen LogP contribution in [0.25, 0.3) is 0 Å². The van der Waals surface area contributed by atoms with E-state index in [0.717, 1.165) is 0 Å². The van der Waals surface area contributed by atoms with Crippen LogP contribution in [-0.4, -0.2) is 30.4 Å². The first kappa shape index (κ1) is 13.9. The van der Waals surface area contributed by atoms with E-state index in [-0.39, 0.29) is 6.04 Å². The van der Waals surface area contributed by atoms with Crippen molar-refractivity contribution in [2.45, 2.75) is 57.9 Å². The predicted octanol–water partition coefficient (Wildman–Crippen LogP) is 0.864. The zero-order valence-electron chi connectivity index (χ0n) is 9.53. The first-order valence-corrected chi connectivity index (χ1v) is 6.24. The number of rotatable bonds is 4. The molecule has 0 amide bonds. The van der Waals surface area contributed by atoms with E-state index in [1.165, 1.54) is 0 Å². The Bertz CT molecular complexity index is 264. The number of aliphatic hydroxyl groups is 1. The molecule has 0 aliphatic heterocycles. The third-order valence-corrected chi connectivity index (χ3v) is 4.18. The summed E-state index contributed by atoms with van der Waals surface area (Å²) in [5, 5.41) is 9.09. The Balaban J connectivity index is 4.39. The summed E-state index contributed by atoms with van der Waals surface area (Å²) in [6.07, 6.45) is -0.0670. The van der Waals surface area contributed by atoms with Crippen molar-refractivity contribution in [3.8, 4) is 0 Å². The topological polar surface area (TPSA) is 66.4 Å². The summed E-state index contributed by atoms with van der Waals surface area (Å²) < 4.78 is 25.0. The third-order valence-electron chi connectivity index (χ3n) is 1.86. The van der Waals surface area contributed by atoms with Crippen LogP contribution in [0.1, 0.15) is 41.0 Å². The van der Waals surface area contributed by atoms with Crippen LogP contribution < -0.4 is 4.72 Å². The van der Waals surface area contributed by atoms with Crippen LogP contribution in [0.2, 0.25) is 0 Å². The molecule has 0 aliphatic carbocycles. The van der Waals surface area contributed by atoms with Gasteiger partial charge in [0.2, 0.25) is 10.0 Å². The van der Waals surface area contributed by atoms with E-state index in [4.69, 9.17) is 5.11 Å². The Kier molecular flexibility index (Phi) is 4.55. The molecule has 0 fully saturated rings. The molecule has 0 aromatic carbocycles. The quantitative estimate of drug-likeness (QED) is 0.743. The van der Waals surface area contributed by atoms with Crippen LogP contribution in [0, 0.1) is 0 Å². The third kappa shape index (κ3) is 4.39. The van der Waals surface area contributed by atoms with E-state index < -0.39 is 20.9 Å². The Labute approximate surface area is 86.8 Å². The molecule has 0 radical (unpaired) electrons. The highest BCUT2D eigenvalue weighted by Crippen LogP contribution is 2.14. The molecule has 14 heavy (non-hydrogen) atoms. The van der Waals surface area contributed by atoms with Crippen LogP contribution in [0.3, 0.4) is 0 Å². The van der Waals surface area contributed by atoms with Gasteiger partial charge in [-0.3, -0.25) is 0 Å². The molecular formula is C9H21NO3S. The summed E-state index contributed by atoms with van der Waals surface area (Å²) in [7, 11) is -3.30. The molecule has 2 N–H and O–H groups in total. The molecule has 0 aromatic heterocycles. The molecule has 5 heteroatoms. The summed E-state index contributed by atoms with van der Waals surface area (Å²) in [6, 6.07) is -0.237. The fourth-order valence-electron chi connectivity index (χ4n) is 1.00. The van der Waals surface area contributed by atoms with Crippen molar-refractivity contribution in [2.24, 2.45) is 0 Å². The lowest BCUT2D eigenvalue weighted by Crippen LogP contribution is -2.44. The van der Waals surface area contributed by atoms with Gasteiger partial charge in [-0.25, -0.2) is 13.1 Å². The predicted molar refractivity (Wildman–Crippen MR) is 57.6 cm³/mol. The second-order valence-electron chi connectivity index (χ2n) is 4.72. The van der Waals surface area contributed by atoms with Gasteiger partial charge >= 0.3 is 0 Å². The van der Waals surface area contributed by atoms with Crippen LogP contribution in [0.5, 0.6) is 0 Å². The highest BCUT2D eigenvalue weighted by atomic mass is 32.2. The van der Waals surface area contributed by atoms with E-state index >= 15 is 0 Å². The zero-order valence-corrected chi connectivity index (χ0v) is 10.4. The van der Waals surface area contributed by atoms with Gasteiger partial charge in [-0.1, -0.05) is 0 Å². The number of nitrogens with one attached hydrogen (secondary N) is 1. The molecule has 0 spiro atoms. The summed E-state index contributed by atoms with van der Waals surface area (Å²) >= 11 is 0. The summed E-state index contributed by atoms with van der Waals surface area (Å²) in [5.41, 5.74) is 0. The van der Waals surface area contributed by atoms with Crippen LogP contribution in [-0.2, 0) is 10.0 Å². The molecule has 2 atom stereocenters. The Hall–Kier alpha value is -0.130. The molecule has 4 nitrogen and oxygen atoms in total. The van der Waals surface area contributed by atoms with Crippen molar-refractivity contribution in [1.29, 1.82) is 0 Å². The maximum absolute atomic E-state index is 11.7. The van der Waals surface area contributed by atoms with Gasteiger partial charge in [-0.15, -0.1) is 0 Å². The van der Waals surface area contributed by atoms with Crippen LogP contribution in [0.15, 0.2) is 0 Å². The van der Waals surface area contributed by atoms with Gasteiger partial charge in [0.1, 0.15) is 0 Å². The van der Waals surface area contributed by atoms with Crippen LogP contribution in [0.4, 0.5) is 0 Å². The van der Waals surface area contributed by atoms with Crippen molar-refractivity contribution in [3.63, 3.8) is 0 Å². The molecule has 0 aromatic rings. The molecule has 0 saturated heterocycles. The number of sulfonamides is 1. The average Bonchev–Trinajstić information content (AvgIpc) is 1.79. The van der Waals surface area contributed by atoms with Gasteiger partial charge in [0, 0.05) is 6.04 Å². The fraction of sp³-hybridized carbons (Fsp3) is 1.00. The lowest BCUT2D eigenvalue weighted by Gasteiger charge is -2.23. The molecule has 0 heterocycles. The second-order valence-corrected chi connectivity index (χ2v) is 7.19. The zero-order chi connectivity index (χ0) is 11.6. The Morgan fingerprint density at radius 2 is 1.71 bits per heavy atom. The van der Waals surface area contributed by atoms with E-state index in [2.05, 4.69) is 4.72 Å². The summed E-state index contributed by atoms with van der Waals surface area (Å²) in [4.78, 5) is 0. The summed E-state index contributed by atoms with van der Waals surface area (Å²) in [5.74, 6) is 0. The van der Waals surface area contributed by atoms with Crippen molar-refractivity contribution in [3.05, 3.63) is 0 Å². The minimum absolute atomic E-state index is 0.237. The molecule has 0 aliphatic rings. The van der Waals surface area contributed by atoms with Crippen LogP contribution >= 0.6 is 0 Å². The first-order valence-electron chi connectivity index (χ1n) is 4.76. The second kappa shape index (κ2) is 4.59. The molecular weight excluding hydrogens is 202 g/mol.